The molecule has 8 heavy (non-hydrogen) atoms. The second kappa shape index (κ2) is 3.90. The summed E-state index contributed by atoms with van der Waals surface area (Å²) in [5.41, 5.74) is 0. The van der Waals surface area contributed by atoms with E-state index in [-0.39, 0.29) is 0 Å². The van der Waals surface area contributed by atoms with E-state index >= 15 is 0 Å². The van der Waals surface area contributed by atoms with E-state index in [2.05, 4.69) is 33.0 Å². The molecule has 0 atom stereocenters. The second-order valence-electron chi connectivity index (χ2n) is 2.96. The zero-order valence-corrected chi connectivity index (χ0v) is 6.36. The van der Waals surface area contributed by atoms with Crippen molar-refractivity contribution < 1.29 is 0 Å². The first kappa shape index (κ1) is 7.96. The molecule has 50 valence electrons. The van der Waals surface area contributed by atoms with Crippen LogP contribution in [0.4, 0.5) is 0 Å². The lowest BCUT2D eigenvalue weighted by Gasteiger charge is -2.09. The van der Waals surface area contributed by atoms with E-state index < -0.39 is 0 Å². The second-order valence-corrected chi connectivity index (χ2v) is 2.96. The average molecular weight is 115 g/mol. The Morgan fingerprint density at radius 1 is 1.12 bits per heavy atom. The molecule has 0 saturated heterocycles. The summed E-state index contributed by atoms with van der Waals surface area (Å²) in [5, 5.41) is 3.34. The first-order valence-corrected chi connectivity index (χ1v) is 3.36. The minimum atomic E-state index is 0.636. The van der Waals surface area contributed by atoms with Crippen molar-refractivity contribution in [2.45, 2.75) is 33.7 Å². The summed E-state index contributed by atoms with van der Waals surface area (Å²) >= 11 is 0. The number of hydrogen-bond acceptors (Lipinski definition) is 1. The van der Waals surface area contributed by atoms with Gasteiger partial charge in [-0.15, -0.1) is 0 Å². The molecule has 0 aromatic carbocycles. The third-order valence-electron chi connectivity index (χ3n) is 0.934. The van der Waals surface area contributed by atoms with E-state index in [1.807, 2.05) is 0 Å². The molecule has 0 fully saturated rings. The van der Waals surface area contributed by atoms with Gasteiger partial charge in [-0.25, -0.2) is 0 Å². The predicted molar refractivity (Wildman–Crippen MR) is 38.0 cm³/mol. The van der Waals surface area contributed by atoms with E-state index in [1.165, 1.54) is 0 Å². The van der Waals surface area contributed by atoms with Gasteiger partial charge in [0.05, 0.1) is 0 Å². The smallest absolute Gasteiger partial charge is 0.00104 e. The molecule has 0 heterocycles. The van der Waals surface area contributed by atoms with Crippen LogP contribution < -0.4 is 5.32 Å². The summed E-state index contributed by atoms with van der Waals surface area (Å²) in [6.07, 6.45) is 0. The third kappa shape index (κ3) is 5.96. The molecule has 0 aliphatic rings. The van der Waals surface area contributed by atoms with Crippen molar-refractivity contribution in [3.05, 3.63) is 0 Å². The normalized spacial score (nSPS) is 11.2. The molecule has 0 radical (unpaired) electrons. The van der Waals surface area contributed by atoms with Crippen molar-refractivity contribution in [1.82, 2.24) is 5.32 Å². The molecule has 0 aromatic heterocycles. The third-order valence-corrected chi connectivity index (χ3v) is 0.934. The largest absolute Gasteiger partial charge is 0.314 e. The minimum absolute atomic E-state index is 0.636. The quantitative estimate of drug-likeness (QED) is 0.589. The Kier molecular flexibility index (Phi) is 3.88. The molecular formula is C7H17N. The topological polar surface area (TPSA) is 12.0 Å². The van der Waals surface area contributed by atoms with Crippen LogP contribution in [0.1, 0.15) is 27.7 Å². The molecule has 0 aromatic rings. The standard InChI is InChI=1S/C7H17N/c1-6(2)5-8-7(3)4/h6-8H,5H2,1-4H3. The average Bonchev–Trinajstić information content (AvgIpc) is 1.61. The minimum Gasteiger partial charge on any atom is -0.314 e. The maximum absolute atomic E-state index is 3.34. The van der Waals surface area contributed by atoms with Crippen LogP contribution in [0.15, 0.2) is 0 Å². The lowest BCUT2D eigenvalue weighted by atomic mass is 10.2. The fraction of sp³-hybridized carbons (Fsp3) is 1.00. The number of hydrogen-bond donors (Lipinski definition) is 1. The molecule has 0 amide bonds. The van der Waals surface area contributed by atoms with Crippen molar-refractivity contribution >= 4 is 0 Å². The van der Waals surface area contributed by atoms with Crippen LogP contribution in [0, 0.1) is 5.92 Å². The molecule has 1 N–H and O–H groups in total. The van der Waals surface area contributed by atoms with Gasteiger partial charge in [-0.2, -0.15) is 0 Å². The van der Waals surface area contributed by atoms with E-state index in [9.17, 15) is 0 Å². The first-order chi connectivity index (χ1) is 3.63. The first-order valence-electron chi connectivity index (χ1n) is 3.36. The van der Waals surface area contributed by atoms with E-state index in [4.69, 9.17) is 0 Å². The van der Waals surface area contributed by atoms with E-state index in [0.717, 1.165) is 12.5 Å². The lowest BCUT2D eigenvalue weighted by Crippen LogP contribution is -2.26. The van der Waals surface area contributed by atoms with Crippen LogP contribution in [0.5, 0.6) is 0 Å². The fourth-order valence-corrected chi connectivity index (χ4v) is 0.471. The summed E-state index contributed by atoms with van der Waals surface area (Å²) in [7, 11) is 0. The van der Waals surface area contributed by atoms with Crippen LogP contribution in [0.2, 0.25) is 0 Å². The van der Waals surface area contributed by atoms with Gasteiger partial charge in [-0.05, 0) is 12.5 Å². The molecule has 0 saturated carbocycles. The summed E-state index contributed by atoms with van der Waals surface area (Å²) in [5.74, 6) is 0.775. The van der Waals surface area contributed by atoms with Gasteiger partial charge in [-0.3, -0.25) is 0 Å². The van der Waals surface area contributed by atoms with Crippen LogP contribution in [-0.2, 0) is 0 Å². The van der Waals surface area contributed by atoms with E-state index in [0.29, 0.717) is 6.04 Å². The van der Waals surface area contributed by atoms with Crippen molar-refractivity contribution in [3.8, 4) is 0 Å². The van der Waals surface area contributed by atoms with Crippen molar-refractivity contribution in [2.75, 3.05) is 6.54 Å². The maximum atomic E-state index is 3.34. The Hall–Kier alpha value is -0.0400. The summed E-state index contributed by atoms with van der Waals surface area (Å²) < 4.78 is 0. The highest BCUT2D eigenvalue weighted by molar-refractivity contribution is 4.54. The fourth-order valence-electron chi connectivity index (χ4n) is 0.471. The van der Waals surface area contributed by atoms with Gasteiger partial charge < -0.3 is 5.32 Å². The van der Waals surface area contributed by atoms with Crippen molar-refractivity contribution in [3.63, 3.8) is 0 Å². The van der Waals surface area contributed by atoms with Crippen molar-refractivity contribution in [2.24, 2.45) is 5.92 Å². The Morgan fingerprint density at radius 2 is 1.62 bits per heavy atom. The molecule has 0 spiro atoms. The van der Waals surface area contributed by atoms with Crippen LogP contribution in [-0.4, -0.2) is 12.6 Å². The highest BCUT2D eigenvalue weighted by Gasteiger charge is 1.93. The zero-order chi connectivity index (χ0) is 6.57. The lowest BCUT2D eigenvalue weighted by molar-refractivity contribution is 0.505. The van der Waals surface area contributed by atoms with Crippen LogP contribution in [0.25, 0.3) is 0 Å². The Labute approximate surface area is 52.5 Å². The zero-order valence-electron chi connectivity index (χ0n) is 6.36. The molecule has 0 unspecified atom stereocenters. The summed E-state index contributed by atoms with van der Waals surface area (Å²) in [4.78, 5) is 0. The molecule has 1 heteroatoms. The van der Waals surface area contributed by atoms with Gasteiger partial charge in [0, 0.05) is 6.04 Å². The van der Waals surface area contributed by atoms with E-state index in [1.54, 1.807) is 0 Å². The van der Waals surface area contributed by atoms with Gasteiger partial charge in [0.25, 0.3) is 0 Å². The van der Waals surface area contributed by atoms with Gasteiger partial charge in [0.15, 0.2) is 0 Å². The Morgan fingerprint density at radius 3 is 1.75 bits per heavy atom. The Bertz CT molecular complexity index is 40.3. The molecular weight excluding hydrogens is 98.1 g/mol. The molecule has 0 aliphatic carbocycles. The number of nitrogens with one attached hydrogen (secondary N) is 1. The monoisotopic (exact) mass is 115 g/mol. The van der Waals surface area contributed by atoms with Gasteiger partial charge in [0.1, 0.15) is 0 Å². The molecule has 1 nitrogen and oxygen atoms in total. The van der Waals surface area contributed by atoms with Crippen LogP contribution >= 0.6 is 0 Å². The SMILES string of the molecule is CC(C)CNC(C)C. The van der Waals surface area contributed by atoms with Gasteiger partial charge in [-0.1, -0.05) is 27.7 Å². The van der Waals surface area contributed by atoms with Crippen molar-refractivity contribution in [1.29, 1.82) is 0 Å². The summed E-state index contributed by atoms with van der Waals surface area (Å²) in [6, 6.07) is 0.636. The van der Waals surface area contributed by atoms with Gasteiger partial charge in [0.2, 0.25) is 0 Å². The highest BCUT2D eigenvalue weighted by atomic mass is 14.9. The Balaban J connectivity index is 2.93. The molecule has 0 aliphatic heterocycles. The maximum Gasteiger partial charge on any atom is 0.00104 e. The number of rotatable bonds is 3. The summed E-state index contributed by atoms with van der Waals surface area (Å²) in [6.45, 7) is 9.91. The predicted octanol–water partition coefficient (Wildman–Crippen LogP) is 1.64. The molecule has 0 rings (SSSR count). The molecule has 0 bridgehead atoms. The highest BCUT2D eigenvalue weighted by Crippen LogP contribution is 1.87. The van der Waals surface area contributed by atoms with Crippen LogP contribution in [0.3, 0.4) is 0 Å². The van der Waals surface area contributed by atoms with Gasteiger partial charge >= 0.3 is 0 Å².